The van der Waals surface area contributed by atoms with E-state index in [1.54, 1.807) is 6.92 Å². The van der Waals surface area contributed by atoms with Crippen molar-refractivity contribution in [3.05, 3.63) is 0 Å². The van der Waals surface area contributed by atoms with Gasteiger partial charge < -0.3 is 10.1 Å². The SMILES string of the molecule is CCOC(=O)NC(=S)C1CC(C)(C)CCN1. The van der Waals surface area contributed by atoms with E-state index in [1.807, 2.05) is 0 Å². The van der Waals surface area contributed by atoms with Crippen molar-refractivity contribution < 1.29 is 9.53 Å². The minimum absolute atomic E-state index is 0.0724. The lowest BCUT2D eigenvalue weighted by atomic mass is 9.80. The molecule has 1 aliphatic rings. The molecule has 0 saturated carbocycles. The monoisotopic (exact) mass is 244 g/mol. The summed E-state index contributed by atoms with van der Waals surface area (Å²) in [6.45, 7) is 7.49. The smallest absolute Gasteiger partial charge is 0.412 e. The summed E-state index contributed by atoms with van der Waals surface area (Å²) in [6, 6.07) is 0.0724. The van der Waals surface area contributed by atoms with E-state index < -0.39 is 6.09 Å². The Bertz CT molecular complexity index is 279. The van der Waals surface area contributed by atoms with E-state index in [-0.39, 0.29) is 11.5 Å². The lowest BCUT2D eigenvalue weighted by Gasteiger charge is -2.36. The Hall–Kier alpha value is -0.680. The molecule has 1 fully saturated rings. The van der Waals surface area contributed by atoms with Crippen molar-refractivity contribution in [3.8, 4) is 0 Å². The third kappa shape index (κ3) is 4.06. The van der Waals surface area contributed by atoms with Crippen LogP contribution in [0.1, 0.15) is 33.6 Å². The molecule has 92 valence electrons. The largest absolute Gasteiger partial charge is 0.450 e. The second kappa shape index (κ2) is 5.59. The molecule has 1 unspecified atom stereocenters. The van der Waals surface area contributed by atoms with Crippen LogP contribution in [0.2, 0.25) is 0 Å². The van der Waals surface area contributed by atoms with Gasteiger partial charge in [-0.25, -0.2) is 4.79 Å². The summed E-state index contributed by atoms with van der Waals surface area (Å²) >= 11 is 5.19. The van der Waals surface area contributed by atoms with E-state index in [0.717, 1.165) is 19.4 Å². The summed E-state index contributed by atoms with van der Waals surface area (Å²) in [7, 11) is 0. The van der Waals surface area contributed by atoms with E-state index in [4.69, 9.17) is 17.0 Å². The highest BCUT2D eigenvalue weighted by Crippen LogP contribution is 2.29. The summed E-state index contributed by atoms with van der Waals surface area (Å²) in [6.07, 6.45) is 1.61. The van der Waals surface area contributed by atoms with Crippen LogP contribution in [0.5, 0.6) is 0 Å². The highest BCUT2D eigenvalue weighted by molar-refractivity contribution is 7.80. The summed E-state index contributed by atoms with van der Waals surface area (Å²) in [4.78, 5) is 11.7. The van der Waals surface area contributed by atoms with Gasteiger partial charge >= 0.3 is 6.09 Å². The fraction of sp³-hybridized carbons (Fsp3) is 0.818. The van der Waals surface area contributed by atoms with Gasteiger partial charge in [-0.2, -0.15) is 0 Å². The van der Waals surface area contributed by atoms with Crippen molar-refractivity contribution in [3.63, 3.8) is 0 Å². The van der Waals surface area contributed by atoms with Crippen LogP contribution in [0, 0.1) is 5.41 Å². The molecule has 1 heterocycles. The first-order valence-electron chi connectivity index (χ1n) is 5.65. The highest BCUT2D eigenvalue weighted by Gasteiger charge is 2.30. The Labute approximate surface area is 102 Å². The standard InChI is InChI=1S/C11H20N2O2S/c1-4-15-10(14)13-9(16)8-7-11(2,3)5-6-12-8/h8,12H,4-7H2,1-3H3,(H,13,14,16). The minimum Gasteiger partial charge on any atom is -0.450 e. The molecule has 1 saturated heterocycles. The molecule has 2 N–H and O–H groups in total. The summed E-state index contributed by atoms with van der Waals surface area (Å²) in [5.74, 6) is 0. The van der Waals surface area contributed by atoms with Gasteiger partial charge in [-0.3, -0.25) is 5.32 Å². The molecule has 0 aliphatic carbocycles. The Morgan fingerprint density at radius 2 is 2.31 bits per heavy atom. The fourth-order valence-corrected chi connectivity index (χ4v) is 2.10. The third-order valence-corrected chi connectivity index (χ3v) is 3.15. The van der Waals surface area contributed by atoms with Crippen LogP contribution >= 0.6 is 12.2 Å². The number of ether oxygens (including phenoxy) is 1. The van der Waals surface area contributed by atoms with Crippen LogP contribution < -0.4 is 10.6 Å². The Morgan fingerprint density at radius 3 is 2.88 bits per heavy atom. The average Bonchev–Trinajstić information content (AvgIpc) is 2.16. The van der Waals surface area contributed by atoms with Gasteiger partial charge in [0.2, 0.25) is 0 Å². The summed E-state index contributed by atoms with van der Waals surface area (Å²) in [5.41, 5.74) is 0.274. The van der Waals surface area contributed by atoms with Crippen LogP contribution in [-0.4, -0.2) is 30.3 Å². The van der Waals surface area contributed by atoms with Gasteiger partial charge in [-0.15, -0.1) is 0 Å². The van der Waals surface area contributed by atoms with Crippen LogP contribution in [0.4, 0.5) is 4.79 Å². The molecule has 0 radical (unpaired) electrons. The number of hydrogen-bond acceptors (Lipinski definition) is 4. The average molecular weight is 244 g/mol. The number of rotatable bonds is 2. The maximum Gasteiger partial charge on any atom is 0.412 e. The molecule has 1 aliphatic heterocycles. The summed E-state index contributed by atoms with van der Waals surface area (Å²) in [5, 5.41) is 5.91. The van der Waals surface area contributed by atoms with Crippen LogP contribution in [0.15, 0.2) is 0 Å². The number of piperidine rings is 1. The predicted molar refractivity (Wildman–Crippen MR) is 67.6 cm³/mol. The van der Waals surface area contributed by atoms with Crippen LogP contribution in [0.3, 0.4) is 0 Å². The second-order valence-electron chi connectivity index (χ2n) is 4.83. The van der Waals surface area contributed by atoms with Gasteiger partial charge in [0.05, 0.1) is 12.6 Å². The van der Waals surface area contributed by atoms with Crippen molar-refractivity contribution in [1.82, 2.24) is 10.6 Å². The van der Waals surface area contributed by atoms with Crippen molar-refractivity contribution >= 4 is 23.3 Å². The Morgan fingerprint density at radius 1 is 1.62 bits per heavy atom. The molecule has 0 aromatic carbocycles. The fourth-order valence-electron chi connectivity index (χ4n) is 1.85. The van der Waals surface area contributed by atoms with Crippen LogP contribution in [-0.2, 0) is 4.74 Å². The quantitative estimate of drug-likeness (QED) is 0.728. The zero-order valence-electron chi connectivity index (χ0n) is 10.1. The lowest BCUT2D eigenvalue weighted by Crippen LogP contribution is -2.51. The number of carbonyl (C=O) groups excluding carboxylic acids is 1. The number of alkyl carbamates (subject to hydrolysis) is 1. The van der Waals surface area contributed by atoms with Gasteiger partial charge in [-0.05, 0) is 31.7 Å². The molecule has 1 amide bonds. The van der Waals surface area contributed by atoms with Gasteiger partial charge in [0, 0.05) is 0 Å². The molecule has 0 spiro atoms. The van der Waals surface area contributed by atoms with Gasteiger partial charge in [-0.1, -0.05) is 26.1 Å². The first-order valence-corrected chi connectivity index (χ1v) is 6.06. The highest BCUT2D eigenvalue weighted by atomic mass is 32.1. The molecular weight excluding hydrogens is 224 g/mol. The molecule has 16 heavy (non-hydrogen) atoms. The number of hydrogen-bond donors (Lipinski definition) is 2. The van der Waals surface area contributed by atoms with E-state index in [1.165, 1.54) is 0 Å². The maximum atomic E-state index is 11.2. The van der Waals surface area contributed by atoms with Crippen molar-refractivity contribution in [2.24, 2.45) is 5.41 Å². The molecule has 1 rings (SSSR count). The first-order chi connectivity index (χ1) is 7.44. The van der Waals surface area contributed by atoms with Crippen LogP contribution in [0.25, 0.3) is 0 Å². The van der Waals surface area contributed by atoms with Crippen molar-refractivity contribution in [1.29, 1.82) is 0 Å². The molecule has 1 atom stereocenters. The zero-order valence-corrected chi connectivity index (χ0v) is 10.9. The van der Waals surface area contributed by atoms with E-state index >= 15 is 0 Å². The van der Waals surface area contributed by atoms with Gasteiger partial charge in [0.15, 0.2) is 0 Å². The normalized spacial score (nSPS) is 23.6. The number of nitrogens with one attached hydrogen (secondary N) is 2. The number of amides is 1. The second-order valence-corrected chi connectivity index (χ2v) is 5.27. The van der Waals surface area contributed by atoms with Crippen molar-refractivity contribution in [2.45, 2.75) is 39.7 Å². The molecule has 5 heteroatoms. The van der Waals surface area contributed by atoms with Gasteiger partial charge in [0.25, 0.3) is 0 Å². The predicted octanol–water partition coefficient (Wildman–Crippen LogP) is 1.84. The first kappa shape index (κ1) is 13.4. The third-order valence-electron chi connectivity index (χ3n) is 2.77. The Kier molecular flexibility index (Phi) is 4.68. The molecular formula is C11H20N2O2S. The summed E-state index contributed by atoms with van der Waals surface area (Å²) < 4.78 is 4.79. The van der Waals surface area contributed by atoms with E-state index in [2.05, 4.69) is 24.5 Å². The number of thiocarbonyl (C=S) groups is 1. The minimum atomic E-state index is -0.460. The topological polar surface area (TPSA) is 50.4 Å². The maximum absolute atomic E-state index is 11.2. The van der Waals surface area contributed by atoms with Crippen molar-refractivity contribution in [2.75, 3.05) is 13.2 Å². The molecule has 4 nitrogen and oxygen atoms in total. The lowest BCUT2D eigenvalue weighted by molar-refractivity contribution is 0.157. The Balaban J connectivity index is 2.45. The van der Waals surface area contributed by atoms with E-state index in [0.29, 0.717) is 11.6 Å². The number of carbonyl (C=O) groups is 1. The van der Waals surface area contributed by atoms with E-state index in [9.17, 15) is 4.79 Å². The van der Waals surface area contributed by atoms with Gasteiger partial charge in [0.1, 0.15) is 4.99 Å². The molecule has 0 aromatic heterocycles. The zero-order chi connectivity index (χ0) is 12.2. The molecule has 0 aromatic rings. The molecule has 0 bridgehead atoms.